The standard InChI is InChI=1S/C24H18N2O/c27-24(26-23-16-15-20-13-7-8-14-22(20)25-23)21(19-11-5-2-6-12-19)17-18-9-3-1-4-10-18/h1-17H,(H,25,26,27). The number of amides is 1. The van der Waals surface area contributed by atoms with Gasteiger partial charge in [0.15, 0.2) is 0 Å². The van der Waals surface area contributed by atoms with E-state index in [-0.39, 0.29) is 5.91 Å². The molecule has 0 bridgehead atoms. The molecule has 3 heteroatoms. The Morgan fingerprint density at radius 1 is 0.741 bits per heavy atom. The highest BCUT2D eigenvalue weighted by molar-refractivity contribution is 6.29. The van der Waals surface area contributed by atoms with Crippen LogP contribution in [0.25, 0.3) is 22.6 Å². The van der Waals surface area contributed by atoms with Gasteiger partial charge >= 0.3 is 0 Å². The van der Waals surface area contributed by atoms with E-state index in [2.05, 4.69) is 10.3 Å². The smallest absolute Gasteiger partial charge is 0.257 e. The molecule has 1 amide bonds. The number of carbonyl (C=O) groups excluding carboxylic acids is 1. The van der Waals surface area contributed by atoms with Crippen LogP contribution in [-0.4, -0.2) is 10.9 Å². The van der Waals surface area contributed by atoms with Gasteiger partial charge in [-0.05, 0) is 35.4 Å². The van der Waals surface area contributed by atoms with E-state index < -0.39 is 0 Å². The van der Waals surface area contributed by atoms with E-state index in [4.69, 9.17) is 0 Å². The molecule has 0 fully saturated rings. The third-order valence-electron chi connectivity index (χ3n) is 4.28. The lowest BCUT2D eigenvalue weighted by Gasteiger charge is -2.10. The summed E-state index contributed by atoms with van der Waals surface area (Å²) in [5.41, 5.74) is 3.28. The molecule has 0 saturated heterocycles. The largest absolute Gasteiger partial charge is 0.307 e. The van der Waals surface area contributed by atoms with Gasteiger partial charge in [-0.15, -0.1) is 0 Å². The molecule has 130 valence electrons. The summed E-state index contributed by atoms with van der Waals surface area (Å²) in [5.74, 6) is 0.349. The fraction of sp³-hybridized carbons (Fsp3) is 0. The molecule has 0 saturated carbocycles. The van der Waals surface area contributed by atoms with E-state index in [1.165, 1.54) is 0 Å². The number of pyridine rings is 1. The second kappa shape index (κ2) is 7.67. The molecule has 4 rings (SSSR count). The molecule has 3 nitrogen and oxygen atoms in total. The number of para-hydroxylation sites is 1. The maximum absolute atomic E-state index is 13.0. The lowest BCUT2D eigenvalue weighted by Crippen LogP contribution is -2.14. The molecule has 0 aliphatic heterocycles. The second-order valence-electron chi connectivity index (χ2n) is 6.18. The number of hydrogen-bond donors (Lipinski definition) is 1. The summed E-state index contributed by atoms with van der Waals surface area (Å²) in [6, 6.07) is 31.1. The van der Waals surface area contributed by atoms with Gasteiger partial charge in [0.25, 0.3) is 5.91 Å². The Kier molecular flexibility index (Phi) is 4.75. The van der Waals surface area contributed by atoms with E-state index in [1.54, 1.807) is 0 Å². The van der Waals surface area contributed by atoms with E-state index in [9.17, 15) is 4.79 Å². The minimum Gasteiger partial charge on any atom is -0.307 e. The van der Waals surface area contributed by atoms with Crippen LogP contribution >= 0.6 is 0 Å². The number of anilines is 1. The predicted molar refractivity (Wildman–Crippen MR) is 111 cm³/mol. The van der Waals surface area contributed by atoms with Gasteiger partial charge in [0.05, 0.1) is 5.52 Å². The first-order valence-electron chi connectivity index (χ1n) is 8.79. The fourth-order valence-corrected chi connectivity index (χ4v) is 2.93. The van der Waals surface area contributed by atoms with Gasteiger partial charge in [0.1, 0.15) is 5.82 Å². The Balaban J connectivity index is 1.68. The van der Waals surface area contributed by atoms with Crippen LogP contribution in [0.3, 0.4) is 0 Å². The molecule has 0 spiro atoms. The van der Waals surface area contributed by atoms with Crippen molar-refractivity contribution in [2.75, 3.05) is 5.32 Å². The molecule has 0 aliphatic carbocycles. The van der Waals surface area contributed by atoms with Crippen molar-refractivity contribution >= 4 is 34.3 Å². The lowest BCUT2D eigenvalue weighted by molar-refractivity contribution is -0.111. The first-order chi connectivity index (χ1) is 13.3. The summed E-state index contributed by atoms with van der Waals surface area (Å²) in [4.78, 5) is 17.6. The number of carbonyl (C=O) groups is 1. The molecule has 1 aromatic heterocycles. The van der Waals surface area contributed by atoms with Crippen LogP contribution in [0.15, 0.2) is 97.1 Å². The zero-order valence-corrected chi connectivity index (χ0v) is 14.7. The van der Waals surface area contributed by atoms with Crippen molar-refractivity contribution in [2.24, 2.45) is 0 Å². The maximum atomic E-state index is 13.0. The lowest BCUT2D eigenvalue weighted by atomic mass is 10.0. The summed E-state index contributed by atoms with van der Waals surface area (Å²) >= 11 is 0. The molecule has 0 unspecified atom stereocenters. The van der Waals surface area contributed by atoms with E-state index >= 15 is 0 Å². The summed E-state index contributed by atoms with van der Waals surface area (Å²) in [5, 5.41) is 3.97. The summed E-state index contributed by atoms with van der Waals surface area (Å²) in [7, 11) is 0. The molecule has 4 aromatic rings. The topological polar surface area (TPSA) is 42.0 Å². The normalized spacial score (nSPS) is 11.3. The van der Waals surface area contributed by atoms with Crippen LogP contribution < -0.4 is 5.32 Å². The number of aromatic nitrogens is 1. The highest BCUT2D eigenvalue weighted by atomic mass is 16.1. The minimum absolute atomic E-state index is 0.187. The Morgan fingerprint density at radius 3 is 2.19 bits per heavy atom. The van der Waals surface area contributed by atoms with Crippen molar-refractivity contribution < 1.29 is 4.79 Å². The molecule has 0 atom stereocenters. The molecule has 3 aromatic carbocycles. The number of fused-ring (bicyclic) bond motifs is 1. The third kappa shape index (κ3) is 3.93. The molecule has 1 N–H and O–H groups in total. The molecule has 27 heavy (non-hydrogen) atoms. The second-order valence-corrected chi connectivity index (χ2v) is 6.18. The van der Waals surface area contributed by atoms with E-state index in [0.717, 1.165) is 22.0 Å². The van der Waals surface area contributed by atoms with E-state index in [0.29, 0.717) is 11.4 Å². The number of rotatable bonds is 4. The number of nitrogens with one attached hydrogen (secondary N) is 1. The Bertz CT molecular complexity index is 1100. The molecular weight excluding hydrogens is 332 g/mol. The Labute approximate surface area is 158 Å². The quantitative estimate of drug-likeness (QED) is 0.395. The predicted octanol–water partition coefficient (Wildman–Crippen LogP) is 5.41. The third-order valence-corrected chi connectivity index (χ3v) is 4.28. The van der Waals surface area contributed by atoms with Crippen LogP contribution in [0.1, 0.15) is 11.1 Å². The zero-order chi connectivity index (χ0) is 18.5. The van der Waals surface area contributed by atoms with Crippen LogP contribution in [0, 0.1) is 0 Å². The van der Waals surface area contributed by atoms with Crippen molar-refractivity contribution in [2.45, 2.75) is 0 Å². The fourth-order valence-electron chi connectivity index (χ4n) is 2.93. The van der Waals surface area contributed by atoms with Gasteiger partial charge in [-0.1, -0.05) is 78.9 Å². The average Bonchev–Trinajstić information content (AvgIpc) is 2.73. The van der Waals surface area contributed by atoms with Crippen LogP contribution in [0.5, 0.6) is 0 Å². The average molecular weight is 350 g/mol. The molecule has 0 radical (unpaired) electrons. The zero-order valence-electron chi connectivity index (χ0n) is 14.7. The van der Waals surface area contributed by atoms with Crippen LogP contribution in [-0.2, 0) is 4.79 Å². The van der Waals surface area contributed by atoms with Gasteiger partial charge in [0.2, 0.25) is 0 Å². The van der Waals surface area contributed by atoms with Gasteiger partial charge in [-0.3, -0.25) is 4.79 Å². The van der Waals surface area contributed by atoms with Crippen molar-refractivity contribution in [3.8, 4) is 0 Å². The SMILES string of the molecule is O=C(Nc1ccc2ccccc2n1)C(=Cc1ccccc1)c1ccccc1. The molecular formula is C24H18N2O. The highest BCUT2D eigenvalue weighted by Crippen LogP contribution is 2.21. The first kappa shape index (κ1) is 16.7. The molecule has 0 aliphatic rings. The number of hydrogen-bond acceptors (Lipinski definition) is 2. The van der Waals surface area contributed by atoms with Crippen LogP contribution in [0.2, 0.25) is 0 Å². The van der Waals surface area contributed by atoms with E-state index in [1.807, 2.05) is 103 Å². The summed E-state index contributed by atoms with van der Waals surface area (Å²) in [6.45, 7) is 0. The Morgan fingerprint density at radius 2 is 1.41 bits per heavy atom. The van der Waals surface area contributed by atoms with Gasteiger partial charge in [0, 0.05) is 11.0 Å². The summed E-state index contributed by atoms with van der Waals surface area (Å²) in [6.07, 6.45) is 1.89. The van der Waals surface area contributed by atoms with Gasteiger partial charge in [-0.25, -0.2) is 4.98 Å². The van der Waals surface area contributed by atoms with Gasteiger partial charge < -0.3 is 5.32 Å². The summed E-state index contributed by atoms with van der Waals surface area (Å²) < 4.78 is 0. The molecule has 1 heterocycles. The van der Waals surface area contributed by atoms with Crippen molar-refractivity contribution in [1.82, 2.24) is 4.98 Å². The highest BCUT2D eigenvalue weighted by Gasteiger charge is 2.13. The first-order valence-corrected chi connectivity index (χ1v) is 8.79. The minimum atomic E-state index is -0.187. The number of benzene rings is 3. The van der Waals surface area contributed by atoms with Crippen molar-refractivity contribution in [1.29, 1.82) is 0 Å². The maximum Gasteiger partial charge on any atom is 0.257 e. The number of nitrogens with zero attached hydrogens (tertiary/aromatic N) is 1. The van der Waals surface area contributed by atoms with Crippen molar-refractivity contribution in [3.63, 3.8) is 0 Å². The van der Waals surface area contributed by atoms with Crippen molar-refractivity contribution in [3.05, 3.63) is 108 Å². The van der Waals surface area contributed by atoms with Crippen LogP contribution in [0.4, 0.5) is 5.82 Å². The van der Waals surface area contributed by atoms with Gasteiger partial charge in [-0.2, -0.15) is 0 Å². The Hall–Kier alpha value is -3.72. The monoisotopic (exact) mass is 350 g/mol.